The molecular formula is C23H27FN6O3. The topological polar surface area (TPSA) is 103 Å². The number of aromatic amines is 1. The number of rotatable bonds is 5. The van der Waals surface area contributed by atoms with Gasteiger partial charge in [-0.2, -0.15) is 0 Å². The van der Waals surface area contributed by atoms with E-state index < -0.39 is 17.1 Å². The van der Waals surface area contributed by atoms with Gasteiger partial charge in [-0.3, -0.25) is 19.1 Å². The predicted octanol–water partition coefficient (Wildman–Crippen LogP) is 1.14. The van der Waals surface area contributed by atoms with Crippen LogP contribution in [0.15, 0.2) is 33.9 Å². The lowest BCUT2D eigenvalue weighted by Gasteiger charge is -2.36. The number of carbonyl (C=O) groups is 1. The van der Waals surface area contributed by atoms with Crippen molar-refractivity contribution in [3.8, 4) is 0 Å². The Balaban J connectivity index is 1.45. The van der Waals surface area contributed by atoms with Crippen LogP contribution in [0.3, 0.4) is 0 Å². The molecule has 33 heavy (non-hydrogen) atoms. The highest BCUT2D eigenvalue weighted by atomic mass is 19.1. The number of fused-ring (bicyclic) bond motifs is 1. The summed E-state index contributed by atoms with van der Waals surface area (Å²) in [4.78, 5) is 47.6. The standard InChI is InChI=1S/C23H27FN6O3/c1-4-25-21(31)17-5-6-19(14(2)26-17)30-9-7-29(8-10-30)13-15-11-16(24)20-18(12-15)27-23(33)28(3)22(20)32/h5-6,11-12H,4,7-10,13H2,1-3H3,(H,25,31)(H,27,33). The summed E-state index contributed by atoms with van der Waals surface area (Å²) in [6, 6.07) is 6.70. The van der Waals surface area contributed by atoms with Crippen LogP contribution in [0.25, 0.3) is 10.9 Å². The van der Waals surface area contributed by atoms with Crippen molar-refractivity contribution in [3.63, 3.8) is 0 Å². The molecule has 0 bridgehead atoms. The first-order valence-electron chi connectivity index (χ1n) is 10.9. The van der Waals surface area contributed by atoms with E-state index in [1.807, 2.05) is 19.9 Å². The molecule has 1 fully saturated rings. The third kappa shape index (κ3) is 4.51. The molecule has 0 saturated carbocycles. The average Bonchev–Trinajstić information content (AvgIpc) is 2.78. The van der Waals surface area contributed by atoms with Gasteiger partial charge in [0.05, 0.1) is 22.3 Å². The number of nitrogens with zero attached hydrogens (tertiary/aromatic N) is 4. The summed E-state index contributed by atoms with van der Waals surface area (Å²) in [6.45, 7) is 7.85. The molecule has 4 rings (SSSR count). The number of hydrogen-bond donors (Lipinski definition) is 2. The fourth-order valence-electron chi connectivity index (χ4n) is 4.20. The molecule has 3 aromatic rings. The number of halogens is 1. The molecule has 0 aliphatic carbocycles. The molecule has 1 amide bonds. The highest BCUT2D eigenvalue weighted by molar-refractivity contribution is 5.92. The van der Waals surface area contributed by atoms with Gasteiger partial charge in [0.25, 0.3) is 11.5 Å². The lowest BCUT2D eigenvalue weighted by Crippen LogP contribution is -2.46. The fraction of sp³-hybridized carbons (Fsp3) is 0.391. The SMILES string of the molecule is CCNC(=O)c1ccc(N2CCN(Cc3cc(F)c4c(=O)n(C)c(=O)[nH]c4c3)CC2)c(C)n1. The van der Waals surface area contributed by atoms with Crippen LogP contribution in [-0.4, -0.2) is 58.1 Å². The van der Waals surface area contributed by atoms with Gasteiger partial charge >= 0.3 is 5.69 Å². The van der Waals surface area contributed by atoms with Crippen LogP contribution < -0.4 is 21.5 Å². The van der Waals surface area contributed by atoms with Gasteiger partial charge in [-0.25, -0.2) is 14.2 Å². The van der Waals surface area contributed by atoms with Crippen molar-refractivity contribution in [1.29, 1.82) is 0 Å². The third-order valence-electron chi connectivity index (χ3n) is 5.96. The van der Waals surface area contributed by atoms with E-state index in [4.69, 9.17) is 0 Å². The molecule has 174 valence electrons. The maximum Gasteiger partial charge on any atom is 0.328 e. The largest absolute Gasteiger partial charge is 0.368 e. The second kappa shape index (κ2) is 9.14. The van der Waals surface area contributed by atoms with E-state index in [0.29, 0.717) is 24.3 Å². The van der Waals surface area contributed by atoms with E-state index in [-0.39, 0.29) is 16.8 Å². The zero-order valence-corrected chi connectivity index (χ0v) is 18.9. The van der Waals surface area contributed by atoms with Crippen LogP contribution in [0, 0.1) is 12.7 Å². The Morgan fingerprint density at radius 1 is 1.18 bits per heavy atom. The minimum Gasteiger partial charge on any atom is -0.368 e. The zero-order chi connectivity index (χ0) is 23.7. The quantitative estimate of drug-likeness (QED) is 0.599. The van der Waals surface area contributed by atoms with Crippen molar-refractivity contribution in [2.75, 3.05) is 37.6 Å². The van der Waals surface area contributed by atoms with Gasteiger partial charge in [-0.1, -0.05) is 0 Å². The summed E-state index contributed by atoms with van der Waals surface area (Å²) in [7, 11) is 1.32. The van der Waals surface area contributed by atoms with Crippen molar-refractivity contribution in [3.05, 3.63) is 67.9 Å². The minimum absolute atomic E-state index is 0.107. The number of aromatic nitrogens is 3. The van der Waals surface area contributed by atoms with E-state index in [9.17, 15) is 18.8 Å². The Kier molecular flexibility index (Phi) is 6.28. The molecule has 0 atom stereocenters. The van der Waals surface area contributed by atoms with Crippen molar-refractivity contribution in [2.45, 2.75) is 20.4 Å². The van der Waals surface area contributed by atoms with Crippen LogP contribution in [0.1, 0.15) is 28.7 Å². The number of H-pyrrole nitrogens is 1. The first kappa shape index (κ1) is 22.7. The van der Waals surface area contributed by atoms with Crippen LogP contribution in [0.2, 0.25) is 0 Å². The Hall–Kier alpha value is -3.53. The second-order valence-electron chi connectivity index (χ2n) is 8.22. The van der Waals surface area contributed by atoms with Gasteiger partial charge in [-0.15, -0.1) is 0 Å². The van der Waals surface area contributed by atoms with Crippen LogP contribution in [-0.2, 0) is 13.6 Å². The Labute approximate surface area is 189 Å². The molecular weight excluding hydrogens is 427 g/mol. The molecule has 9 nitrogen and oxygen atoms in total. The molecule has 1 saturated heterocycles. The van der Waals surface area contributed by atoms with E-state index in [0.717, 1.165) is 42.1 Å². The van der Waals surface area contributed by atoms with Crippen molar-refractivity contribution < 1.29 is 9.18 Å². The normalized spacial score (nSPS) is 14.6. The monoisotopic (exact) mass is 454 g/mol. The first-order chi connectivity index (χ1) is 15.8. The molecule has 2 aromatic heterocycles. The maximum absolute atomic E-state index is 14.6. The number of anilines is 1. The van der Waals surface area contributed by atoms with Crippen LogP contribution >= 0.6 is 0 Å². The predicted molar refractivity (Wildman–Crippen MR) is 124 cm³/mol. The molecule has 1 aliphatic heterocycles. The summed E-state index contributed by atoms with van der Waals surface area (Å²) in [5, 5.41) is 2.65. The van der Waals surface area contributed by atoms with E-state index in [1.165, 1.54) is 13.1 Å². The summed E-state index contributed by atoms with van der Waals surface area (Å²) in [6.07, 6.45) is 0. The second-order valence-corrected chi connectivity index (χ2v) is 8.22. The number of nitrogens with one attached hydrogen (secondary N) is 2. The van der Waals surface area contributed by atoms with Crippen molar-refractivity contribution in [2.24, 2.45) is 7.05 Å². The van der Waals surface area contributed by atoms with Gasteiger partial charge in [-0.05, 0) is 43.7 Å². The van der Waals surface area contributed by atoms with Gasteiger partial charge in [0.1, 0.15) is 11.5 Å². The summed E-state index contributed by atoms with van der Waals surface area (Å²) in [5.74, 6) is -0.814. The molecule has 3 heterocycles. The van der Waals surface area contributed by atoms with Gasteiger partial charge in [0.15, 0.2) is 0 Å². The lowest BCUT2D eigenvalue weighted by molar-refractivity contribution is 0.0950. The van der Waals surface area contributed by atoms with Gasteiger partial charge in [0.2, 0.25) is 0 Å². The Morgan fingerprint density at radius 2 is 1.91 bits per heavy atom. The first-order valence-corrected chi connectivity index (χ1v) is 10.9. The van der Waals surface area contributed by atoms with Crippen molar-refractivity contribution in [1.82, 2.24) is 24.8 Å². The number of hydrogen-bond acceptors (Lipinski definition) is 6. The molecule has 0 unspecified atom stereocenters. The highest BCUT2D eigenvalue weighted by Gasteiger charge is 2.21. The molecule has 0 spiro atoms. The van der Waals surface area contributed by atoms with E-state index in [2.05, 4.69) is 25.1 Å². The van der Waals surface area contributed by atoms with Gasteiger partial charge in [0, 0.05) is 46.3 Å². The molecule has 1 aromatic carbocycles. The fourth-order valence-corrected chi connectivity index (χ4v) is 4.20. The Morgan fingerprint density at radius 3 is 2.58 bits per heavy atom. The number of benzene rings is 1. The minimum atomic E-state index is -0.645. The van der Waals surface area contributed by atoms with E-state index >= 15 is 0 Å². The number of carbonyl (C=O) groups excluding carboxylic acids is 1. The number of amides is 1. The maximum atomic E-state index is 14.6. The third-order valence-corrected chi connectivity index (χ3v) is 5.96. The zero-order valence-electron chi connectivity index (χ0n) is 18.9. The molecule has 1 aliphatic rings. The van der Waals surface area contributed by atoms with Gasteiger partial charge < -0.3 is 15.2 Å². The molecule has 10 heteroatoms. The van der Waals surface area contributed by atoms with Crippen LogP contribution in [0.5, 0.6) is 0 Å². The summed E-state index contributed by atoms with van der Waals surface area (Å²) < 4.78 is 15.5. The number of piperazine rings is 1. The highest BCUT2D eigenvalue weighted by Crippen LogP contribution is 2.22. The summed E-state index contributed by atoms with van der Waals surface area (Å²) in [5.41, 5.74) is 1.89. The number of aryl methyl sites for hydroxylation is 1. The molecule has 2 N–H and O–H groups in total. The Bertz CT molecular complexity index is 1320. The average molecular weight is 455 g/mol. The van der Waals surface area contributed by atoms with E-state index in [1.54, 1.807) is 12.1 Å². The van der Waals surface area contributed by atoms with Crippen LogP contribution in [0.4, 0.5) is 10.1 Å². The van der Waals surface area contributed by atoms with Crippen molar-refractivity contribution >= 4 is 22.5 Å². The smallest absolute Gasteiger partial charge is 0.328 e. The summed E-state index contributed by atoms with van der Waals surface area (Å²) >= 11 is 0. The molecule has 0 radical (unpaired) electrons. The lowest BCUT2D eigenvalue weighted by atomic mass is 10.1. The number of pyridine rings is 1.